The van der Waals surface area contributed by atoms with E-state index in [9.17, 15) is 9.59 Å². The molecule has 0 saturated carbocycles. The molecule has 0 aliphatic carbocycles. The topological polar surface area (TPSA) is 66.4 Å². The van der Waals surface area contributed by atoms with Gasteiger partial charge in [0.2, 0.25) is 5.91 Å². The standard InChI is InChI=1S/C13H17NO3/c1-9-4-3-5-11(6-9)14-12(15)7-10(2)8-13(16)17/h3-6,10H,7-8H2,1-2H3,(H,14,15)(H,16,17)/t10-/m1/s1. The summed E-state index contributed by atoms with van der Waals surface area (Å²) < 4.78 is 0. The van der Waals surface area contributed by atoms with Gasteiger partial charge in [-0.05, 0) is 30.5 Å². The first-order chi connectivity index (χ1) is 7.97. The summed E-state index contributed by atoms with van der Waals surface area (Å²) in [7, 11) is 0. The summed E-state index contributed by atoms with van der Waals surface area (Å²) in [5.41, 5.74) is 1.82. The molecule has 0 fully saturated rings. The maximum Gasteiger partial charge on any atom is 0.303 e. The third-order valence-electron chi connectivity index (χ3n) is 2.36. The van der Waals surface area contributed by atoms with Crippen LogP contribution in [-0.4, -0.2) is 17.0 Å². The number of carbonyl (C=O) groups excluding carboxylic acids is 1. The van der Waals surface area contributed by atoms with E-state index in [4.69, 9.17) is 5.11 Å². The van der Waals surface area contributed by atoms with Gasteiger partial charge in [0.25, 0.3) is 0 Å². The van der Waals surface area contributed by atoms with Crippen LogP contribution in [0.4, 0.5) is 5.69 Å². The van der Waals surface area contributed by atoms with Crippen molar-refractivity contribution >= 4 is 17.6 Å². The fraction of sp³-hybridized carbons (Fsp3) is 0.385. The molecule has 0 aromatic heterocycles. The molecule has 92 valence electrons. The fourth-order valence-electron chi connectivity index (χ4n) is 1.62. The monoisotopic (exact) mass is 235 g/mol. The van der Waals surface area contributed by atoms with Crippen LogP contribution in [0.15, 0.2) is 24.3 Å². The zero-order chi connectivity index (χ0) is 12.8. The van der Waals surface area contributed by atoms with E-state index in [0.29, 0.717) is 0 Å². The number of rotatable bonds is 5. The highest BCUT2D eigenvalue weighted by Gasteiger charge is 2.12. The van der Waals surface area contributed by atoms with Gasteiger partial charge in [-0.2, -0.15) is 0 Å². The first-order valence-electron chi connectivity index (χ1n) is 5.55. The Morgan fingerprint density at radius 3 is 2.65 bits per heavy atom. The SMILES string of the molecule is Cc1cccc(NC(=O)C[C@@H](C)CC(=O)O)c1. The zero-order valence-corrected chi connectivity index (χ0v) is 10.1. The summed E-state index contributed by atoms with van der Waals surface area (Å²) in [5, 5.41) is 11.3. The van der Waals surface area contributed by atoms with Crippen LogP contribution in [0.3, 0.4) is 0 Å². The number of nitrogens with one attached hydrogen (secondary N) is 1. The number of hydrogen-bond acceptors (Lipinski definition) is 2. The number of aryl methyl sites for hydroxylation is 1. The second-order valence-electron chi connectivity index (χ2n) is 4.32. The number of carbonyl (C=O) groups is 2. The van der Waals surface area contributed by atoms with Gasteiger partial charge in [0.05, 0.1) is 0 Å². The highest BCUT2D eigenvalue weighted by molar-refractivity contribution is 5.91. The van der Waals surface area contributed by atoms with E-state index < -0.39 is 5.97 Å². The molecule has 0 spiro atoms. The average Bonchev–Trinajstić information content (AvgIpc) is 2.14. The Labute approximate surface area is 101 Å². The Kier molecular flexibility index (Phi) is 4.69. The van der Waals surface area contributed by atoms with Crippen LogP contribution in [0, 0.1) is 12.8 Å². The average molecular weight is 235 g/mol. The molecule has 0 bridgehead atoms. The minimum Gasteiger partial charge on any atom is -0.481 e. The van der Waals surface area contributed by atoms with Crippen LogP contribution < -0.4 is 5.32 Å². The van der Waals surface area contributed by atoms with Crippen LogP contribution in [-0.2, 0) is 9.59 Å². The van der Waals surface area contributed by atoms with Crippen molar-refractivity contribution in [2.75, 3.05) is 5.32 Å². The van der Waals surface area contributed by atoms with Crippen molar-refractivity contribution in [1.29, 1.82) is 0 Å². The van der Waals surface area contributed by atoms with Gasteiger partial charge in [0.1, 0.15) is 0 Å². The predicted molar refractivity (Wildman–Crippen MR) is 65.8 cm³/mol. The van der Waals surface area contributed by atoms with Crippen LogP contribution in [0.2, 0.25) is 0 Å². The number of hydrogen-bond donors (Lipinski definition) is 2. The van der Waals surface area contributed by atoms with Gasteiger partial charge in [-0.3, -0.25) is 9.59 Å². The molecule has 0 radical (unpaired) electrons. The molecule has 0 unspecified atom stereocenters. The molecule has 4 nitrogen and oxygen atoms in total. The molecule has 2 N–H and O–H groups in total. The normalized spacial score (nSPS) is 11.9. The van der Waals surface area contributed by atoms with Crippen molar-refractivity contribution in [1.82, 2.24) is 0 Å². The Bertz CT molecular complexity index is 415. The number of benzene rings is 1. The predicted octanol–water partition coefficient (Wildman–Crippen LogP) is 2.43. The fourth-order valence-corrected chi connectivity index (χ4v) is 1.62. The summed E-state index contributed by atoms with van der Waals surface area (Å²) in [5.74, 6) is -1.18. The Morgan fingerprint density at radius 2 is 2.06 bits per heavy atom. The van der Waals surface area contributed by atoms with Gasteiger partial charge in [0, 0.05) is 18.5 Å². The summed E-state index contributed by atoms with van der Waals surface area (Å²) >= 11 is 0. The lowest BCUT2D eigenvalue weighted by Crippen LogP contribution is -2.16. The summed E-state index contributed by atoms with van der Waals surface area (Å²) in [6.45, 7) is 3.70. The van der Waals surface area contributed by atoms with Crippen LogP contribution in [0.5, 0.6) is 0 Å². The van der Waals surface area contributed by atoms with Crippen molar-refractivity contribution in [3.05, 3.63) is 29.8 Å². The summed E-state index contributed by atoms with van der Waals surface area (Å²) in [6, 6.07) is 7.50. The second kappa shape index (κ2) is 6.03. The lowest BCUT2D eigenvalue weighted by molar-refractivity contribution is -0.138. The lowest BCUT2D eigenvalue weighted by Gasteiger charge is -2.09. The third kappa shape index (κ3) is 5.15. The van der Waals surface area contributed by atoms with Gasteiger partial charge in [-0.25, -0.2) is 0 Å². The first kappa shape index (κ1) is 13.2. The quantitative estimate of drug-likeness (QED) is 0.823. The van der Waals surface area contributed by atoms with E-state index in [-0.39, 0.29) is 24.7 Å². The third-order valence-corrected chi connectivity index (χ3v) is 2.36. The van der Waals surface area contributed by atoms with Gasteiger partial charge in [-0.15, -0.1) is 0 Å². The van der Waals surface area contributed by atoms with Gasteiger partial charge in [0.15, 0.2) is 0 Å². The molecule has 0 aliphatic rings. The molecule has 1 amide bonds. The molecule has 1 atom stereocenters. The number of carboxylic acids is 1. The van der Waals surface area contributed by atoms with E-state index in [1.54, 1.807) is 6.92 Å². The minimum absolute atomic E-state index is 0.0151. The van der Waals surface area contributed by atoms with Crippen LogP contribution in [0.1, 0.15) is 25.3 Å². The maximum absolute atomic E-state index is 11.6. The molecule has 4 heteroatoms. The maximum atomic E-state index is 11.6. The summed E-state index contributed by atoms with van der Waals surface area (Å²) in [4.78, 5) is 22.1. The molecule has 0 heterocycles. The van der Waals surface area contributed by atoms with Crippen molar-refractivity contribution < 1.29 is 14.7 Å². The van der Waals surface area contributed by atoms with Crippen molar-refractivity contribution in [2.24, 2.45) is 5.92 Å². The molecule has 1 aromatic rings. The smallest absolute Gasteiger partial charge is 0.303 e. The molecule has 17 heavy (non-hydrogen) atoms. The highest BCUT2D eigenvalue weighted by atomic mass is 16.4. The zero-order valence-electron chi connectivity index (χ0n) is 10.1. The van der Waals surface area contributed by atoms with Gasteiger partial charge in [-0.1, -0.05) is 19.1 Å². The van der Waals surface area contributed by atoms with Crippen LogP contribution in [0.25, 0.3) is 0 Å². The Morgan fingerprint density at radius 1 is 1.35 bits per heavy atom. The van der Waals surface area contributed by atoms with Crippen molar-refractivity contribution in [3.8, 4) is 0 Å². The molecule has 0 aliphatic heterocycles. The van der Waals surface area contributed by atoms with Crippen LogP contribution >= 0.6 is 0 Å². The minimum atomic E-state index is -0.874. The van der Waals surface area contributed by atoms with E-state index in [1.807, 2.05) is 31.2 Å². The lowest BCUT2D eigenvalue weighted by atomic mass is 10.0. The number of anilines is 1. The van der Waals surface area contributed by atoms with Gasteiger partial charge >= 0.3 is 5.97 Å². The molecule has 1 rings (SSSR count). The highest BCUT2D eigenvalue weighted by Crippen LogP contribution is 2.12. The number of carboxylic acid groups (broad SMARTS) is 1. The number of aliphatic carboxylic acids is 1. The van der Waals surface area contributed by atoms with Crippen molar-refractivity contribution in [3.63, 3.8) is 0 Å². The summed E-state index contributed by atoms with van der Waals surface area (Å²) in [6.07, 6.45) is 0.238. The van der Waals surface area contributed by atoms with E-state index >= 15 is 0 Å². The number of amides is 1. The molecular weight excluding hydrogens is 218 g/mol. The Hall–Kier alpha value is -1.84. The first-order valence-corrected chi connectivity index (χ1v) is 5.55. The Balaban J connectivity index is 2.47. The second-order valence-corrected chi connectivity index (χ2v) is 4.32. The molecule has 1 aromatic carbocycles. The largest absolute Gasteiger partial charge is 0.481 e. The van der Waals surface area contributed by atoms with Crippen molar-refractivity contribution in [2.45, 2.75) is 26.7 Å². The molecular formula is C13H17NO3. The molecule has 0 saturated heterocycles. The van der Waals surface area contributed by atoms with E-state index in [2.05, 4.69) is 5.32 Å². The van der Waals surface area contributed by atoms with E-state index in [1.165, 1.54) is 0 Å². The van der Waals surface area contributed by atoms with Gasteiger partial charge < -0.3 is 10.4 Å². The van der Waals surface area contributed by atoms with E-state index in [0.717, 1.165) is 11.3 Å².